The predicted molar refractivity (Wildman–Crippen MR) is 97.0 cm³/mol. The summed E-state index contributed by atoms with van der Waals surface area (Å²) >= 11 is 5.91. The van der Waals surface area contributed by atoms with Crippen LogP contribution < -0.4 is 22.5 Å². The van der Waals surface area contributed by atoms with Crippen molar-refractivity contribution in [2.75, 3.05) is 0 Å². The molecule has 0 radical (unpaired) electrons. The monoisotopic (exact) mass is 373 g/mol. The molecule has 3 aromatic rings. The number of aromatic nitrogens is 1. The van der Waals surface area contributed by atoms with E-state index in [4.69, 9.17) is 16.3 Å². The zero-order valence-corrected chi connectivity index (χ0v) is 15.2. The fourth-order valence-corrected chi connectivity index (χ4v) is 2.50. The van der Waals surface area contributed by atoms with Crippen molar-refractivity contribution in [3.63, 3.8) is 0 Å². The summed E-state index contributed by atoms with van der Waals surface area (Å²) in [6.07, 6.45) is 3.65. The van der Waals surface area contributed by atoms with Crippen molar-refractivity contribution in [1.82, 2.24) is 10.3 Å². The molecule has 0 saturated heterocycles. The zero-order valence-electron chi connectivity index (χ0n) is 13.7. The lowest BCUT2D eigenvalue weighted by Gasteiger charge is -2.12. The second kappa shape index (κ2) is 10.0. The van der Waals surface area contributed by atoms with Crippen molar-refractivity contribution in [3.8, 4) is 5.75 Å². The number of ether oxygens (including phenoxy) is 1. The summed E-state index contributed by atoms with van der Waals surface area (Å²) < 4.78 is 5.97. The Labute approximate surface area is 159 Å². The average Bonchev–Trinajstić information content (AvgIpc) is 2.63. The van der Waals surface area contributed by atoms with Gasteiger partial charge in [0.15, 0.2) is 0 Å². The minimum Gasteiger partial charge on any atom is -1.00 e. The van der Waals surface area contributed by atoms with E-state index in [1.165, 1.54) is 0 Å². The van der Waals surface area contributed by atoms with Gasteiger partial charge in [-0.3, -0.25) is 4.98 Å². The van der Waals surface area contributed by atoms with Gasteiger partial charge in [-0.2, -0.15) is 0 Å². The van der Waals surface area contributed by atoms with Gasteiger partial charge in [-0.05, 0) is 35.4 Å². The third-order valence-corrected chi connectivity index (χ3v) is 3.90. The first kappa shape index (κ1) is 19.3. The van der Waals surface area contributed by atoms with Gasteiger partial charge in [0.25, 0.3) is 0 Å². The van der Waals surface area contributed by atoms with E-state index in [0.29, 0.717) is 6.61 Å². The highest BCUT2D eigenvalue weighted by Crippen LogP contribution is 2.20. The number of halogens is 2. The topological polar surface area (TPSA) is 34.1 Å². The molecule has 0 spiro atoms. The third kappa shape index (κ3) is 6.05. The summed E-state index contributed by atoms with van der Waals surface area (Å²) in [6.45, 7) is 2.04. The van der Waals surface area contributed by atoms with Crippen LogP contribution in [0.4, 0.5) is 0 Å². The van der Waals surface area contributed by atoms with E-state index in [2.05, 4.69) is 22.4 Å². The van der Waals surface area contributed by atoms with Crippen LogP contribution in [0.15, 0.2) is 73.1 Å². The Morgan fingerprint density at radius 1 is 0.880 bits per heavy atom. The molecular formula is C20H19Cl2N2O-. The second-order valence-corrected chi connectivity index (χ2v) is 5.92. The highest BCUT2D eigenvalue weighted by atomic mass is 35.5. The molecule has 2 aromatic carbocycles. The van der Waals surface area contributed by atoms with E-state index in [0.717, 1.165) is 40.6 Å². The van der Waals surface area contributed by atoms with E-state index in [9.17, 15) is 0 Å². The van der Waals surface area contributed by atoms with Gasteiger partial charge in [-0.15, -0.1) is 0 Å². The number of benzene rings is 2. The SMILES string of the molecule is Clc1ccc(COc2ccccc2CNCc2cccnc2)cc1.[Cl-]. The fourth-order valence-electron chi connectivity index (χ4n) is 2.38. The van der Waals surface area contributed by atoms with Crippen LogP contribution in [-0.2, 0) is 19.7 Å². The smallest absolute Gasteiger partial charge is 0.124 e. The van der Waals surface area contributed by atoms with Gasteiger partial charge in [0.05, 0.1) is 0 Å². The predicted octanol–water partition coefficient (Wildman–Crippen LogP) is 1.61. The van der Waals surface area contributed by atoms with Crippen LogP contribution in [0.3, 0.4) is 0 Å². The van der Waals surface area contributed by atoms with Gasteiger partial charge < -0.3 is 22.5 Å². The number of hydrogen-bond acceptors (Lipinski definition) is 3. The van der Waals surface area contributed by atoms with Gasteiger partial charge in [-0.1, -0.05) is 48.0 Å². The first-order valence-electron chi connectivity index (χ1n) is 7.86. The Balaban J connectivity index is 0.00000225. The van der Waals surface area contributed by atoms with E-state index in [-0.39, 0.29) is 12.4 Å². The molecule has 0 aliphatic heterocycles. The molecule has 0 aliphatic carbocycles. The highest BCUT2D eigenvalue weighted by Gasteiger charge is 2.04. The van der Waals surface area contributed by atoms with Crippen molar-refractivity contribution in [2.24, 2.45) is 0 Å². The number of nitrogens with one attached hydrogen (secondary N) is 1. The van der Waals surface area contributed by atoms with Crippen LogP contribution in [-0.4, -0.2) is 4.98 Å². The standard InChI is InChI=1S/C20H19ClN2O.ClH/c21-19-9-7-16(8-10-19)15-24-20-6-2-1-5-18(20)14-23-13-17-4-3-11-22-12-17;/h1-12,23H,13-15H2;1H/p-1. The van der Waals surface area contributed by atoms with Crippen molar-refractivity contribution in [3.05, 3.63) is 94.8 Å². The normalized spacial score (nSPS) is 10.1. The molecule has 0 fully saturated rings. The molecule has 25 heavy (non-hydrogen) atoms. The van der Waals surface area contributed by atoms with Crippen molar-refractivity contribution >= 4 is 11.6 Å². The lowest BCUT2D eigenvalue weighted by molar-refractivity contribution is -0.00000513. The highest BCUT2D eigenvalue weighted by molar-refractivity contribution is 6.30. The van der Waals surface area contributed by atoms with Crippen LogP contribution in [0, 0.1) is 0 Å². The summed E-state index contributed by atoms with van der Waals surface area (Å²) in [4.78, 5) is 4.12. The number of rotatable bonds is 7. The van der Waals surface area contributed by atoms with E-state index >= 15 is 0 Å². The maximum atomic E-state index is 5.97. The quantitative estimate of drug-likeness (QED) is 0.683. The maximum Gasteiger partial charge on any atom is 0.124 e. The molecular weight excluding hydrogens is 355 g/mol. The number of hydrogen-bond donors (Lipinski definition) is 1. The molecule has 0 saturated carbocycles. The minimum absolute atomic E-state index is 0. The lowest BCUT2D eigenvalue weighted by Crippen LogP contribution is -3.00. The first-order valence-corrected chi connectivity index (χ1v) is 8.24. The zero-order chi connectivity index (χ0) is 16.6. The molecule has 0 bridgehead atoms. The van der Waals surface area contributed by atoms with E-state index in [1.807, 2.05) is 54.7 Å². The van der Waals surface area contributed by atoms with Crippen LogP contribution >= 0.6 is 11.6 Å². The molecule has 0 amide bonds. The Morgan fingerprint density at radius 2 is 1.68 bits per heavy atom. The molecule has 130 valence electrons. The van der Waals surface area contributed by atoms with Gasteiger partial charge in [0.1, 0.15) is 12.4 Å². The molecule has 1 N–H and O–H groups in total. The van der Waals surface area contributed by atoms with Gasteiger partial charge >= 0.3 is 0 Å². The van der Waals surface area contributed by atoms with Crippen LogP contribution in [0.2, 0.25) is 5.02 Å². The molecule has 1 heterocycles. The molecule has 0 atom stereocenters. The van der Waals surface area contributed by atoms with Crippen LogP contribution in [0.1, 0.15) is 16.7 Å². The Morgan fingerprint density at radius 3 is 2.44 bits per heavy atom. The molecule has 0 unspecified atom stereocenters. The molecule has 5 heteroatoms. The first-order chi connectivity index (χ1) is 11.8. The molecule has 3 rings (SSSR count). The summed E-state index contributed by atoms with van der Waals surface area (Å²) in [7, 11) is 0. The average molecular weight is 374 g/mol. The Kier molecular flexibility index (Phi) is 7.74. The summed E-state index contributed by atoms with van der Waals surface area (Å²) in [5.41, 5.74) is 3.39. The summed E-state index contributed by atoms with van der Waals surface area (Å²) in [5.74, 6) is 0.895. The Hall–Kier alpha value is -2.07. The lowest BCUT2D eigenvalue weighted by atomic mass is 10.2. The number of pyridine rings is 1. The van der Waals surface area contributed by atoms with Crippen molar-refractivity contribution < 1.29 is 17.1 Å². The summed E-state index contributed by atoms with van der Waals surface area (Å²) in [5, 5.41) is 4.16. The second-order valence-electron chi connectivity index (χ2n) is 5.49. The molecule has 3 nitrogen and oxygen atoms in total. The number of nitrogens with zero attached hydrogens (tertiary/aromatic N) is 1. The van der Waals surface area contributed by atoms with Crippen LogP contribution in [0.25, 0.3) is 0 Å². The Bertz CT molecular complexity index is 764. The van der Waals surface area contributed by atoms with Gasteiger partial charge in [-0.25, -0.2) is 0 Å². The van der Waals surface area contributed by atoms with Gasteiger partial charge in [0, 0.05) is 36.1 Å². The third-order valence-electron chi connectivity index (χ3n) is 3.65. The van der Waals surface area contributed by atoms with Crippen LogP contribution in [0.5, 0.6) is 5.75 Å². The summed E-state index contributed by atoms with van der Waals surface area (Å²) in [6, 6.07) is 19.8. The molecule has 1 aromatic heterocycles. The maximum absolute atomic E-state index is 5.97. The van der Waals surface area contributed by atoms with Gasteiger partial charge in [0.2, 0.25) is 0 Å². The van der Waals surface area contributed by atoms with Crippen molar-refractivity contribution in [1.29, 1.82) is 0 Å². The number of para-hydroxylation sites is 1. The van der Waals surface area contributed by atoms with E-state index < -0.39 is 0 Å². The minimum atomic E-state index is 0. The largest absolute Gasteiger partial charge is 1.00 e. The van der Waals surface area contributed by atoms with E-state index in [1.54, 1.807) is 6.20 Å². The molecule has 0 aliphatic rings. The van der Waals surface area contributed by atoms with Crippen molar-refractivity contribution in [2.45, 2.75) is 19.7 Å². The fraction of sp³-hybridized carbons (Fsp3) is 0.150.